The zero-order valence-corrected chi connectivity index (χ0v) is 10.00. The first-order valence-electron chi connectivity index (χ1n) is 4.53. The Labute approximate surface area is 89.9 Å². The number of hydrogen-bond acceptors (Lipinski definition) is 4. The molecule has 0 radical (unpaired) electrons. The SMILES string of the molecule is CC(=N/OC(C)C)/C(Cl)=N\OC(C)C. The van der Waals surface area contributed by atoms with Gasteiger partial charge in [-0.2, -0.15) is 0 Å². The zero-order chi connectivity index (χ0) is 11.1. The van der Waals surface area contributed by atoms with Gasteiger partial charge in [-0.1, -0.05) is 21.9 Å². The molecule has 0 aromatic carbocycles. The van der Waals surface area contributed by atoms with Gasteiger partial charge in [0, 0.05) is 0 Å². The number of nitrogens with zero attached hydrogens (tertiary/aromatic N) is 2. The molecule has 0 aromatic rings. The van der Waals surface area contributed by atoms with Crippen molar-refractivity contribution in [3.05, 3.63) is 0 Å². The highest BCUT2D eigenvalue weighted by molar-refractivity contribution is 6.83. The van der Waals surface area contributed by atoms with Crippen molar-refractivity contribution in [2.75, 3.05) is 0 Å². The molecule has 0 aromatic heterocycles. The van der Waals surface area contributed by atoms with Crippen molar-refractivity contribution >= 4 is 22.5 Å². The molecule has 82 valence electrons. The second-order valence-corrected chi connectivity index (χ2v) is 3.73. The minimum absolute atomic E-state index is 0.00238. The summed E-state index contributed by atoms with van der Waals surface area (Å²) in [6, 6.07) is 0. The van der Waals surface area contributed by atoms with Crippen LogP contribution in [-0.4, -0.2) is 23.1 Å². The lowest BCUT2D eigenvalue weighted by molar-refractivity contribution is 0.0836. The maximum absolute atomic E-state index is 5.77. The summed E-state index contributed by atoms with van der Waals surface area (Å²) in [4.78, 5) is 9.95. The van der Waals surface area contributed by atoms with Crippen LogP contribution in [0.3, 0.4) is 0 Å². The van der Waals surface area contributed by atoms with E-state index in [0.29, 0.717) is 5.71 Å². The van der Waals surface area contributed by atoms with Crippen LogP contribution >= 0.6 is 11.6 Å². The Balaban J connectivity index is 4.15. The minimum atomic E-state index is 0.00238. The van der Waals surface area contributed by atoms with Gasteiger partial charge in [0.15, 0.2) is 5.17 Å². The Bertz CT molecular complexity index is 201. The lowest BCUT2D eigenvalue weighted by atomic mass is 10.5. The summed E-state index contributed by atoms with van der Waals surface area (Å²) in [5.74, 6) is 0. The molecule has 0 unspecified atom stereocenters. The molecular weight excluding hydrogens is 204 g/mol. The maximum atomic E-state index is 5.77. The van der Waals surface area contributed by atoms with Crippen LogP contribution in [0, 0.1) is 0 Å². The summed E-state index contributed by atoms with van der Waals surface area (Å²) in [6.45, 7) is 9.20. The molecule has 0 aliphatic rings. The second kappa shape index (κ2) is 6.65. The molecule has 14 heavy (non-hydrogen) atoms. The van der Waals surface area contributed by atoms with Crippen molar-refractivity contribution < 1.29 is 9.68 Å². The predicted octanol–water partition coefficient (Wildman–Crippen LogP) is 2.76. The average molecular weight is 221 g/mol. The molecule has 0 rings (SSSR count). The highest BCUT2D eigenvalue weighted by atomic mass is 35.5. The van der Waals surface area contributed by atoms with Crippen LogP contribution in [0.5, 0.6) is 0 Å². The summed E-state index contributed by atoms with van der Waals surface area (Å²) in [7, 11) is 0. The standard InChI is InChI=1S/C9H17ClN2O2/c1-6(2)13-11-8(5)9(10)12-14-7(3)4/h6-7H,1-5H3/b11-8-,12-9+. The maximum Gasteiger partial charge on any atom is 0.192 e. The van der Waals surface area contributed by atoms with Crippen LogP contribution in [0.25, 0.3) is 0 Å². The minimum Gasteiger partial charge on any atom is -0.393 e. The lowest BCUT2D eigenvalue weighted by Gasteiger charge is -2.04. The fourth-order valence-electron chi connectivity index (χ4n) is 0.440. The zero-order valence-electron chi connectivity index (χ0n) is 9.24. The van der Waals surface area contributed by atoms with Gasteiger partial charge in [0.25, 0.3) is 0 Å². The van der Waals surface area contributed by atoms with E-state index in [9.17, 15) is 0 Å². The van der Waals surface area contributed by atoms with E-state index in [-0.39, 0.29) is 17.4 Å². The fraction of sp³-hybridized carbons (Fsp3) is 0.778. The van der Waals surface area contributed by atoms with Crippen molar-refractivity contribution in [2.45, 2.75) is 46.8 Å². The highest BCUT2D eigenvalue weighted by Gasteiger charge is 2.02. The van der Waals surface area contributed by atoms with Crippen LogP contribution in [0.1, 0.15) is 34.6 Å². The number of oxime groups is 2. The summed E-state index contributed by atoms with van der Waals surface area (Å²) in [5.41, 5.74) is 0.501. The highest BCUT2D eigenvalue weighted by Crippen LogP contribution is 1.98. The molecule has 0 saturated heterocycles. The third-order valence-corrected chi connectivity index (χ3v) is 1.39. The fourth-order valence-corrected chi connectivity index (χ4v) is 0.514. The van der Waals surface area contributed by atoms with E-state index in [2.05, 4.69) is 10.3 Å². The summed E-state index contributed by atoms with van der Waals surface area (Å²) >= 11 is 5.77. The molecule has 0 fully saturated rings. The van der Waals surface area contributed by atoms with E-state index in [0.717, 1.165) is 0 Å². The average Bonchev–Trinajstić information content (AvgIpc) is 2.09. The molecule has 0 bridgehead atoms. The Hall–Kier alpha value is -0.770. The third kappa shape index (κ3) is 6.71. The van der Waals surface area contributed by atoms with E-state index in [1.165, 1.54) is 0 Å². The Kier molecular flexibility index (Phi) is 6.28. The first kappa shape index (κ1) is 13.2. The van der Waals surface area contributed by atoms with E-state index in [1.807, 2.05) is 27.7 Å². The number of rotatable bonds is 5. The molecule has 0 heterocycles. The van der Waals surface area contributed by atoms with Crippen molar-refractivity contribution in [2.24, 2.45) is 10.3 Å². The predicted molar refractivity (Wildman–Crippen MR) is 58.8 cm³/mol. The van der Waals surface area contributed by atoms with Gasteiger partial charge in [0.05, 0.1) is 0 Å². The van der Waals surface area contributed by atoms with E-state index >= 15 is 0 Å². The molecule has 0 aliphatic heterocycles. The summed E-state index contributed by atoms with van der Waals surface area (Å²) in [5, 5.41) is 7.66. The van der Waals surface area contributed by atoms with Crippen LogP contribution in [0.4, 0.5) is 0 Å². The quantitative estimate of drug-likeness (QED) is 0.528. The summed E-state index contributed by atoms with van der Waals surface area (Å²) in [6.07, 6.45) is 0.0306. The largest absolute Gasteiger partial charge is 0.393 e. The van der Waals surface area contributed by atoms with Crippen LogP contribution in [0.2, 0.25) is 0 Å². The Morgan fingerprint density at radius 2 is 1.43 bits per heavy atom. The van der Waals surface area contributed by atoms with Crippen molar-refractivity contribution in [1.29, 1.82) is 0 Å². The van der Waals surface area contributed by atoms with Crippen molar-refractivity contribution in [3.63, 3.8) is 0 Å². The van der Waals surface area contributed by atoms with E-state index in [1.54, 1.807) is 6.92 Å². The molecule has 0 amide bonds. The van der Waals surface area contributed by atoms with Crippen molar-refractivity contribution in [3.8, 4) is 0 Å². The molecule has 4 nitrogen and oxygen atoms in total. The van der Waals surface area contributed by atoms with E-state index in [4.69, 9.17) is 21.3 Å². The van der Waals surface area contributed by atoms with Gasteiger partial charge < -0.3 is 9.68 Å². The van der Waals surface area contributed by atoms with Gasteiger partial charge in [-0.05, 0) is 34.6 Å². The lowest BCUT2D eigenvalue weighted by Crippen LogP contribution is -2.08. The van der Waals surface area contributed by atoms with Crippen molar-refractivity contribution in [1.82, 2.24) is 0 Å². The van der Waals surface area contributed by atoms with Gasteiger partial charge in [0.2, 0.25) is 0 Å². The molecule has 0 saturated carbocycles. The van der Waals surface area contributed by atoms with Gasteiger partial charge >= 0.3 is 0 Å². The van der Waals surface area contributed by atoms with Gasteiger partial charge in [-0.3, -0.25) is 0 Å². The third-order valence-electron chi connectivity index (χ3n) is 1.04. The monoisotopic (exact) mass is 220 g/mol. The second-order valence-electron chi connectivity index (χ2n) is 3.37. The topological polar surface area (TPSA) is 43.2 Å². The molecule has 0 atom stereocenters. The van der Waals surface area contributed by atoms with Gasteiger partial charge in [-0.25, -0.2) is 0 Å². The number of hydrogen-bond donors (Lipinski definition) is 0. The molecule has 0 spiro atoms. The molecule has 0 N–H and O–H groups in total. The molecular formula is C9H17ClN2O2. The normalized spacial score (nSPS) is 13.7. The van der Waals surface area contributed by atoms with E-state index < -0.39 is 0 Å². The van der Waals surface area contributed by atoms with Crippen LogP contribution in [-0.2, 0) is 9.68 Å². The molecule has 0 aliphatic carbocycles. The van der Waals surface area contributed by atoms with Gasteiger partial charge in [0.1, 0.15) is 17.9 Å². The smallest absolute Gasteiger partial charge is 0.192 e. The first-order chi connectivity index (χ1) is 6.43. The van der Waals surface area contributed by atoms with Gasteiger partial charge in [-0.15, -0.1) is 0 Å². The Morgan fingerprint density at radius 1 is 1.00 bits per heavy atom. The first-order valence-corrected chi connectivity index (χ1v) is 4.91. The Morgan fingerprint density at radius 3 is 1.86 bits per heavy atom. The van der Waals surface area contributed by atoms with Crippen LogP contribution in [0.15, 0.2) is 10.3 Å². The summed E-state index contributed by atoms with van der Waals surface area (Å²) < 4.78 is 0. The number of halogens is 1. The van der Waals surface area contributed by atoms with Crippen LogP contribution < -0.4 is 0 Å². The molecule has 5 heteroatoms.